The van der Waals surface area contributed by atoms with E-state index in [1.807, 2.05) is 6.92 Å². The van der Waals surface area contributed by atoms with E-state index in [-0.39, 0.29) is 11.2 Å². The maximum Gasteiger partial charge on any atom is 0.185 e. The van der Waals surface area contributed by atoms with Crippen LogP contribution in [0.1, 0.15) is 33.1 Å². The fraction of sp³-hybridized carbons (Fsp3) is 0.625. The molecule has 1 fully saturated rings. The van der Waals surface area contributed by atoms with Crippen LogP contribution in [0.4, 0.5) is 0 Å². The molecule has 2 rings (SSSR count). The van der Waals surface area contributed by atoms with Gasteiger partial charge in [-0.05, 0) is 43.9 Å². The van der Waals surface area contributed by atoms with E-state index >= 15 is 0 Å². The summed E-state index contributed by atoms with van der Waals surface area (Å²) in [5, 5.41) is 3.14. The van der Waals surface area contributed by atoms with E-state index in [0.29, 0.717) is 23.1 Å². The Labute approximate surface area is 127 Å². The third kappa shape index (κ3) is 3.24. The predicted octanol–water partition coefficient (Wildman–Crippen LogP) is 2.64. The van der Waals surface area contributed by atoms with Crippen LogP contribution < -0.4 is 10.1 Å². The van der Waals surface area contributed by atoms with Crippen LogP contribution in [0.15, 0.2) is 29.2 Å². The van der Waals surface area contributed by atoms with E-state index in [1.165, 1.54) is 7.11 Å². The van der Waals surface area contributed by atoms with Gasteiger partial charge in [0.25, 0.3) is 0 Å². The second kappa shape index (κ2) is 6.79. The Kier molecular flexibility index (Phi) is 5.27. The van der Waals surface area contributed by atoms with Crippen molar-refractivity contribution < 1.29 is 13.2 Å². The second-order valence-electron chi connectivity index (χ2n) is 5.73. The molecule has 0 saturated heterocycles. The van der Waals surface area contributed by atoms with Gasteiger partial charge in [-0.1, -0.05) is 26.0 Å². The molecule has 0 radical (unpaired) electrons. The lowest BCUT2D eigenvalue weighted by molar-refractivity contribution is 0.400. The maximum atomic E-state index is 12.9. The van der Waals surface area contributed by atoms with Gasteiger partial charge in [0.05, 0.1) is 12.4 Å². The number of sulfone groups is 1. The van der Waals surface area contributed by atoms with Gasteiger partial charge in [0.2, 0.25) is 0 Å². The third-order valence-electron chi connectivity index (χ3n) is 4.41. The standard InChI is InChI=1S/C16H25NO3S/c1-4-11-17-13-9-10-15(12(13)2)21(18,19)16-8-6-5-7-14(16)20-3/h5-8,12-13,15,17H,4,9-11H2,1-3H3. The van der Waals surface area contributed by atoms with Crippen LogP contribution in [0.25, 0.3) is 0 Å². The maximum absolute atomic E-state index is 12.9. The molecule has 5 heteroatoms. The van der Waals surface area contributed by atoms with Crippen LogP contribution in [0.5, 0.6) is 5.75 Å². The minimum atomic E-state index is -3.35. The number of rotatable bonds is 6. The molecule has 1 aromatic rings. The molecule has 0 aliphatic heterocycles. The number of hydrogen-bond donors (Lipinski definition) is 1. The van der Waals surface area contributed by atoms with Crippen LogP contribution in [0.2, 0.25) is 0 Å². The first-order chi connectivity index (χ1) is 10.0. The monoisotopic (exact) mass is 311 g/mol. The Morgan fingerprint density at radius 1 is 1.29 bits per heavy atom. The smallest absolute Gasteiger partial charge is 0.185 e. The van der Waals surface area contributed by atoms with Gasteiger partial charge in [-0.2, -0.15) is 0 Å². The van der Waals surface area contributed by atoms with Gasteiger partial charge in [0, 0.05) is 6.04 Å². The van der Waals surface area contributed by atoms with E-state index < -0.39 is 9.84 Å². The molecule has 21 heavy (non-hydrogen) atoms. The Morgan fingerprint density at radius 2 is 2.00 bits per heavy atom. The molecule has 1 aromatic carbocycles. The summed E-state index contributed by atoms with van der Waals surface area (Å²) in [7, 11) is -1.84. The number of hydrogen-bond acceptors (Lipinski definition) is 4. The summed E-state index contributed by atoms with van der Waals surface area (Å²) in [4.78, 5) is 0.320. The van der Waals surface area contributed by atoms with Crippen molar-refractivity contribution in [2.45, 2.75) is 49.3 Å². The highest BCUT2D eigenvalue weighted by molar-refractivity contribution is 7.92. The molecule has 4 nitrogen and oxygen atoms in total. The number of para-hydroxylation sites is 1. The number of ether oxygens (including phenoxy) is 1. The molecule has 1 saturated carbocycles. The lowest BCUT2D eigenvalue weighted by Crippen LogP contribution is -2.36. The van der Waals surface area contributed by atoms with Crippen molar-refractivity contribution in [1.82, 2.24) is 5.32 Å². The van der Waals surface area contributed by atoms with Crippen molar-refractivity contribution in [3.05, 3.63) is 24.3 Å². The summed E-state index contributed by atoms with van der Waals surface area (Å²) in [6, 6.07) is 7.19. The van der Waals surface area contributed by atoms with Gasteiger partial charge in [-0.15, -0.1) is 0 Å². The molecule has 3 atom stereocenters. The van der Waals surface area contributed by atoms with Crippen molar-refractivity contribution in [1.29, 1.82) is 0 Å². The fourth-order valence-electron chi connectivity index (χ4n) is 3.20. The number of methoxy groups -OCH3 is 1. The van der Waals surface area contributed by atoms with E-state index in [1.54, 1.807) is 24.3 Å². The first-order valence-corrected chi connectivity index (χ1v) is 9.17. The highest BCUT2D eigenvalue weighted by Crippen LogP contribution is 2.37. The van der Waals surface area contributed by atoms with Gasteiger partial charge >= 0.3 is 0 Å². The fourth-order valence-corrected chi connectivity index (χ4v) is 5.43. The largest absolute Gasteiger partial charge is 0.495 e. The van der Waals surface area contributed by atoms with E-state index in [4.69, 9.17) is 4.74 Å². The average molecular weight is 311 g/mol. The summed E-state index contributed by atoms with van der Waals surface area (Å²) >= 11 is 0. The van der Waals surface area contributed by atoms with Gasteiger partial charge in [-0.25, -0.2) is 8.42 Å². The third-order valence-corrected chi connectivity index (χ3v) is 6.83. The lowest BCUT2D eigenvalue weighted by Gasteiger charge is -2.22. The van der Waals surface area contributed by atoms with Crippen molar-refractivity contribution in [3.8, 4) is 5.75 Å². The Bertz CT molecular complexity index is 571. The molecule has 0 aromatic heterocycles. The van der Waals surface area contributed by atoms with Gasteiger partial charge in [0.1, 0.15) is 10.6 Å². The van der Waals surface area contributed by atoms with E-state index in [0.717, 1.165) is 19.4 Å². The van der Waals surface area contributed by atoms with Crippen molar-refractivity contribution in [2.24, 2.45) is 5.92 Å². The van der Waals surface area contributed by atoms with Gasteiger partial charge < -0.3 is 10.1 Å². The molecule has 1 aliphatic rings. The summed E-state index contributed by atoms with van der Waals surface area (Å²) in [6.07, 6.45) is 2.69. The molecular formula is C16H25NO3S. The lowest BCUT2D eigenvalue weighted by atomic mass is 10.1. The average Bonchev–Trinajstić information content (AvgIpc) is 2.86. The van der Waals surface area contributed by atoms with Crippen molar-refractivity contribution in [3.63, 3.8) is 0 Å². The first kappa shape index (κ1) is 16.3. The molecule has 1 N–H and O–H groups in total. The zero-order chi connectivity index (χ0) is 15.5. The molecule has 3 unspecified atom stereocenters. The minimum Gasteiger partial charge on any atom is -0.495 e. The number of nitrogens with one attached hydrogen (secondary N) is 1. The van der Waals surface area contributed by atoms with E-state index in [2.05, 4.69) is 12.2 Å². The second-order valence-corrected chi connectivity index (χ2v) is 7.87. The Balaban J connectivity index is 2.24. The molecule has 0 amide bonds. The van der Waals surface area contributed by atoms with Crippen LogP contribution in [-0.4, -0.2) is 33.4 Å². The van der Waals surface area contributed by atoms with Crippen LogP contribution in [-0.2, 0) is 9.84 Å². The molecule has 1 aliphatic carbocycles. The molecule has 0 spiro atoms. The zero-order valence-corrected chi connectivity index (χ0v) is 13.8. The topological polar surface area (TPSA) is 55.4 Å². The summed E-state index contributed by atoms with van der Waals surface area (Å²) in [6.45, 7) is 5.10. The molecule has 0 bridgehead atoms. The normalized spacial score (nSPS) is 26.0. The zero-order valence-electron chi connectivity index (χ0n) is 13.0. The van der Waals surface area contributed by atoms with Crippen LogP contribution in [0.3, 0.4) is 0 Å². The molecular weight excluding hydrogens is 286 g/mol. The van der Waals surface area contributed by atoms with Crippen LogP contribution in [0, 0.1) is 5.92 Å². The quantitative estimate of drug-likeness (QED) is 0.877. The number of benzene rings is 1. The summed E-state index contributed by atoms with van der Waals surface area (Å²) in [5.74, 6) is 0.557. The van der Waals surface area contributed by atoms with Crippen molar-refractivity contribution in [2.75, 3.05) is 13.7 Å². The summed E-state index contributed by atoms with van der Waals surface area (Å²) < 4.78 is 31.1. The van der Waals surface area contributed by atoms with E-state index in [9.17, 15) is 8.42 Å². The first-order valence-electron chi connectivity index (χ1n) is 7.62. The minimum absolute atomic E-state index is 0.117. The van der Waals surface area contributed by atoms with Crippen LogP contribution >= 0.6 is 0 Å². The summed E-state index contributed by atoms with van der Waals surface area (Å²) in [5.41, 5.74) is 0. The SMILES string of the molecule is CCCNC1CCC(S(=O)(=O)c2ccccc2OC)C1C. The van der Waals surface area contributed by atoms with Gasteiger partial charge in [-0.3, -0.25) is 0 Å². The molecule has 118 valence electrons. The predicted molar refractivity (Wildman–Crippen MR) is 84.4 cm³/mol. The Hall–Kier alpha value is -1.07. The molecule has 0 heterocycles. The van der Waals surface area contributed by atoms with Gasteiger partial charge in [0.15, 0.2) is 9.84 Å². The highest BCUT2D eigenvalue weighted by atomic mass is 32.2. The van der Waals surface area contributed by atoms with Crippen molar-refractivity contribution >= 4 is 9.84 Å². The highest BCUT2D eigenvalue weighted by Gasteiger charge is 2.42. The Morgan fingerprint density at radius 3 is 2.67 bits per heavy atom.